The molecule has 0 atom stereocenters. The highest BCUT2D eigenvalue weighted by Crippen LogP contribution is 2.22. The minimum atomic E-state index is -0.432. The molecule has 0 amide bonds. The fourth-order valence-corrected chi connectivity index (χ4v) is 2.67. The van der Waals surface area contributed by atoms with Crippen molar-refractivity contribution in [3.05, 3.63) is 88.7 Å². The summed E-state index contributed by atoms with van der Waals surface area (Å²) in [6, 6.07) is 14.0. The summed E-state index contributed by atoms with van der Waals surface area (Å²) in [4.78, 5) is 12.0. The van der Waals surface area contributed by atoms with E-state index in [2.05, 4.69) is 38.1 Å². The van der Waals surface area contributed by atoms with Gasteiger partial charge in [0.1, 0.15) is 5.57 Å². The van der Waals surface area contributed by atoms with Crippen LogP contribution >= 0.6 is 0 Å². The Morgan fingerprint density at radius 2 is 1.62 bits per heavy atom. The fraction of sp³-hybridized carbons (Fsp3) is 0.174. The maximum Gasteiger partial charge on any atom is 0.341 e. The van der Waals surface area contributed by atoms with Crippen LogP contribution in [0.25, 0.3) is 17.7 Å². The number of hydrogen-bond acceptors (Lipinski definition) is 3. The Bertz CT molecular complexity index is 858. The molecule has 0 fully saturated rings. The molecule has 0 spiro atoms. The van der Waals surface area contributed by atoms with Gasteiger partial charge in [0, 0.05) is 0 Å². The predicted molar refractivity (Wildman–Crippen MR) is 107 cm³/mol. The van der Waals surface area contributed by atoms with Crippen LogP contribution in [0.3, 0.4) is 0 Å². The molecule has 0 aliphatic heterocycles. The Morgan fingerprint density at radius 3 is 2.27 bits per heavy atom. The summed E-state index contributed by atoms with van der Waals surface area (Å²) in [6.07, 6.45) is 9.39. The quantitative estimate of drug-likeness (QED) is 0.312. The van der Waals surface area contributed by atoms with E-state index in [-0.39, 0.29) is 0 Å². The first-order valence-electron chi connectivity index (χ1n) is 8.39. The number of benzene rings is 2. The lowest BCUT2D eigenvalue weighted by molar-refractivity contribution is -0.133. The number of carbonyl (C=O) groups is 1. The molecule has 2 aromatic carbocycles. The highest BCUT2D eigenvalue weighted by molar-refractivity contribution is 6.17. The largest absolute Gasteiger partial charge is 0.503 e. The van der Waals surface area contributed by atoms with Crippen molar-refractivity contribution in [2.75, 3.05) is 14.2 Å². The molecular weight excluding hydrogens is 324 g/mol. The molecule has 0 N–H and O–H groups in total. The molecule has 0 saturated carbocycles. The number of rotatable bonds is 6. The van der Waals surface area contributed by atoms with Gasteiger partial charge in [0.2, 0.25) is 0 Å². The average molecular weight is 348 g/mol. The van der Waals surface area contributed by atoms with Crippen LogP contribution < -0.4 is 0 Å². The van der Waals surface area contributed by atoms with Crippen LogP contribution in [0, 0.1) is 13.8 Å². The Kier molecular flexibility index (Phi) is 6.98. The Balaban J connectivity index is 2.27. The topological polar surface area (TPSA) is 35.5 Å². The normalized spacial score (nSPS) is 11.9. The lowest BCUT2D eigenvalue weighted by Crippen LogP contribution is -2.05. The average Bonchev–Trinajstić information content (AvgIpc) is 2.64. The van der Waals surface area contributed by atoms with Crippen LogP contribution in [0.4, 0.5) is 0 Å². The van der Waals surface area contributed by atoms with Gasteiger partial charge in [0.25, 0.3) is 0 Å². The summed E-state index contributed by atoms with van der Waals surface area (Å²) in [5.74, 6) is -0.432. The van der Waals surface area contributed by atoms with E-state index in [0.717, 1.165) is 11.1 Å². The van der Waals surface area contributed by atoms with Crippen LogP contribution in [0.15, 0.2) is 60.9 Å². The van der Waals surface area contributed by atoms with Crippen LogP contribution in [0.1, 0.15) is 27.8 Å². The summed E-state index contributed by atoms with van der Waals surface area (Å²) in [7, 11) is 2.87. The van der Waals surface area contributed by atoms with Gasteiger partial charge in [-0.3, -0.25) is 0 Å². The second kappa shape index (κ2) is 9.42. The molecule has 0 aliphatic rings. The van der Waals surface area contributed by atoms with Gasteiger partial charge < -0.3 is 9.47 Å². The first-order valence-corrected chi connectivity index (χ1v) is 8.39. The Hall–Kier alpha value is -3.07. The molecule has 134 valence electrons. The van der Waals surface area contributed by atoms with Gasteiger partial charge in [-0.15, -0.1) is 0 Å². The van der Waals surface area contributed by atoms with Gasteiger partial charge >= 0.3 is 5.97 Å². The summed E-state index contributed by atoms with van der Waals surface area (Å²) in [6.45, 7) is 4.19. The third-order valence-electron chi connectivity index (χ3n) is 3.98. The van der Waals surface area contributed by atoms with Crippen molar-refractivity contribution in [2.45, 2.75) is 13.8 Å². The van der Waals surface area contributed by atoms with Gasteiger partial charge in [0.05, 0.1) is 20.5 Å². The molecule has 0 bridgehead atoms. The van der Waals surface area contributed by atoms with Crippen molar-refractivity contribution >= 4 is 23.7 Å². The van der Waals surface area contributed by atoms with E-state index in [0.29, 0.717) is 5.57 Å². The molecule has 3 nitrogen and oxygen atoms in total. The minimum absolute atomic E-state index is 0.383. The molecule has 0 unspecified atom stereocenters. The monoisotopic (exact) mass is 348 g/mol. The predicted octanol–water partition coefficient (Wildman–Crippen LogP) is 5.19. The molecule has 2 rings (SSSR count). The summed E-state index contributed by atoms with van der Waals surface area (Å²) in [5.41, 5.74) is 5.73. The van der Waals surface area contributed by atoms with Crippen molar-refractivity contribution in [3.63, 3.8) is 0 Å². The molecule has 3 heteroatoms. The number of methoxy groups -OCH3 is 2. The maximum absolute atomic E-state index is 12.0. The molecule has 0 radical (unpaired) electrons. The van der Waals surface area contributed by atoms with E-state index in [1.165, 1.54) is 37.2 Å². The molecule has 0 saturated heterocycles. The maximum atomic E-state index is 12.0. The zero-order chi connectivity index (χ0) is 18.9. The lowest BCUT2D eigenvalue weighted by Gasteiger charge is -2.08. The van der Waals surface area contributed by atoms with Gasteiger partial charge in [-0.1, -0.05) is 72.3 Å². The molecular formula is C23H24O3. The van der Waals surface area contributed by atoms with Gasteiger partial charge in [0.15, 0.2) is 0 Å². The first-order chi connectivity index (χ1) is 12.6. The third kappa shape index (κ3) is 4.96. The Labute approximate surface area is 155 Å². The number of esters is 1. The van der Waals surface area contributed by atoms with E-state index < -0.39 is 5.97 Å². The molecule has 0 aliphatic carbocycles. The zero-order valence-corrected chi connectivity index (χ0v) is 15.7. The van der Waals surface area contributed by atoms with Crippen molar-refractivity contribution in [2.24, 2.45) is 0 Å². The second-order valence-electron chi connectivity index (χ2n) is 5.92. The number of carbonyl (C=O) groups excluding carboxylic acids is 1. The standard InChI is InChI=1S/C23H24O3/c1-17-13-14-19(18(2)15-17)9-5-6-10-20-11-7-8-12-21(20)22(16-25-3)23(24)26-4/h5-16H,1-4H3/b9-5+,10-6+,22-16+. The number of aryl methyl sites for hydroxylation is 2. The van der Waals surface area contributed by atoms with Crippen molar-refractivity contribution in [1.29, 1.82) is 0 Å². The van der Waals surface area contributed by atoms with Gasteiger partial charge in [-0.25, -0.2) is 4.79 Å². The fourth-order valence-electron chi connectivity index (χ4n) is 2.67. The first kappa shape index (κ1) is 19.3. The van der Waals surface area contributed by atoms with E-state index in [4.69, 9.17) is 9.47 Å². The van der Waals surface area contributed by atoms with Gasteiger partial charge in [-0.2, -0.15) is 0 Å². The van der Waals surface area contributed by atoms with Crippen molar-refractivity contribution in [3.8, 4) is 0 Å². The highest BCUT2D eigenvalue weighted by Gasteiger charge is 2.15. The third-order valence-corrected chi connectivity index (χ3v) is 3.98. The van der Waals surface area contributed by atoms with Crippen LogP contribution in [0.5, 0.6) is 0 Å². The molecule has 0 heterocycles. The molecule has 26 heavy (non-hydrogen) atoms. The zero-order valence-electron chi connectivity index (χ0n) is 15.7. The van der Waals surface area contributed by atoms with E-state index in [9.17, 15) is 4.79 Å². The molecule has 2 aromatic rings. The van der Waals surface area contributed by atoms with E-state index in [1.807, 2.05) is 42.5 Å². The smallest absolute Gasteiger partial charge is 0.341 e. The van der Waals surface area contributed by atoms with Crippen LogP contribution in [-0.4, -0.2) is 20.2 Å². The van der Waals surface area contributed by atoms with E-state index >= 15 is 0 Å². The number of ether oxygens (including phenoxy) is 2. The number of allylic oxidation sites excluding steroid dienone is 2. The van der Waals surface area contributed by atoms with Gasteiger partial charge in [-0.05, 0) is 36.1 Å². The lowest BCUT2D eigenvalue weighted by atomic mass is 10.00. The SMILES string of the molecule is CO/C=C(/C(=O)OC)c1ccccc1/C=C/C=C/c1ccc(C)cc1C. The summed E-state index contributed by atoms with van der Waals surface area (Å²) >= 11 is 0. The second-order valence-corrected chi connectivity index (χ2v) is 5.92. The Morgan fingerprint density at radius 1 is 0.923 bits per heavy atom. The summed E-state index contributed by atoms with van der Waals surface area (Å²) < 4.78 is 9.90. The molecule has 0 aromatic heterocycles. The van der Waals surface area contributed by atoms with Crippen molar-refractivity contribution in [1.82, 2.24) is 0 Å². The highest BCUT2D eigenvalue weighted by atomic mass is 16.5. The van der Waals surface area contributed by atoms with Crippen LogP contribution in [0.2, 0.25) is 0 Å². The van der Waals surface area contributed by atoms with Crippen LogP contribution in [-0.2, 0) is 14.3 Å². The minimum Gasteiger partial charge on any atom is -0.503 e. The van der Waals surface area contributed by atoms with Crippen molar-refractivity contribution < 1.29 is 14.3 Å². The van der Waals surface area contributed by atoms with E-state index in [1.54, 1.807) is 0 Å². The summed E-state index contributed by atoms with van der Waals surface area (Å²) in [5, 5.41) is 0. The number of hydrogen-bond donors (Lipinski definition) is 0.